The second kappa shape index (κ2) is 9.54. The minimum absolute atomic E-state index is 0.0756. The van der Waals surface area contributed by atoms with Gasteiger partial charge in [0.25, 0.3) is 0 Å². The van der Waals surface area contributed by atoms with Crippen LogP contribution in [0.2, 0.25) is 0 Å². The number of nitrogens with zero attached hydrogens (tertiary/aromatic N) is 1. The average Bonchev–Trinajstić information content (AvgIpc) is 2.55. The highest BCUT2D eigenvalue weighted by atomic mass is 19.3. The quantitative estimate of drug-likeness (QED) is 0.763. The minimum atomic E-state index is -2.85. The van der Waals surface area contributed by atoms with Crippen molar-refractivity contribution in [1.29, 1.82) is 0 Å². The standard InChI is InChI=1S/C17H25F2N3O2/c1-20-9-6-13-7-10-22(11-8-13)12-16(23)21-14-2-4-15(5-3-14)24-17(18)19/h2-5,13,17,20H,6-12H2,1H3,(H,21,23). The molecule has 0 aromatic heterocycles. The molecule has 24 heavy (non-hydrogen) atoms. The van der Waals surface area contributed by atoms with E-state index in [9.17, 15) is 13.6 Å². The van der Waals surface area contributed by atoms with Crippen LogP contribution in [-0.2, 0) is 4.79 Å². The number of likely N-dealkylation sites (tertiary alicyclic amines) is 1. The number of rotatable bonds is 8. The lowest BCUT2D eigenvalue weighted by molar-refractivity contribution is -0.117. The van der Waals surface area contributed by atoms with Crippen LogP contribution in [-0.4, -0.2) is 50.6 Å². The molecule has 1 aromatic rings. The first-order chi connectivity index (χ1) is 11.6. The highest BCUT2D eigenvalue weighted by molar-refractivity contribution is 5.92. The van der Waals surface area contributed by atoms with Gasteiger partial charge in [-0.2, -0.15) is 8.78 Å². The summed E-state index contributed by atoms with van der Waals surface area (Å²) in [5, 5.41) is 5.95. The summed E-state index contributed by atoms with van der Waals surface area (Å²) < 4.78 is 28.4. The van der Waals surface area contributed by atoms with Crippen molar-refractivity contribution in [3.8, 4) is 5.75 Å². The molecule has 2 rings (SSSR count). The summed E-state index contributed by atoms with van der Waals surface area (Å²) >= 11 is 0. The van der Waals surface area contributed by atoms with Crippen LogP contribution in [0.15, 0.2) is 24.3 Å². The number of ether oxygens (including phenoxy) is 1. The van der Waals surface area contributed by atoms with E-state index in [-0.39, 0.29) is 11.7 Å². The minimum Gasteiger partial charge on any atom is -0.435 e. The van der Waals surface area contributed by atoms with Crippen LogP contribution < -0.4 is 15.4 Å². The van der Waals surface area contributed by atoms with Crippen LogP contribution in [0.25, 0.3) is 0 Å². The molecule has 134 valence electrons. The maximum Gasteiger partial charge on any atom is 0.387 e. The Bertz CT molecular complexity index is 503. The van der Waals surface area contributed by atoms with Gasteiger partial charge in [0, 0.05) is 5.69 Å². The van der Waals surface area contributed by atoms with Crippen molar-refractivity contribution < 1.29 is 18.3 Å². The van der Waals surface area contributed by atoms with Gasteiger partial charge in [0.15, 0.2) is 0 Å². The number of nitrogens with one attached hydrogen (secondary N) is 2. The van der Waals surface area contributed by atoms with E-state index < -0.39 is 6.61 Å². The highest BCUT2D eigenvalue weighted by Crippen LogP contribution is 2.20. The Morgan fingerprint density at radius 1 is 1.29 bits per heavy atom. The molecule has 1 aromatic carbocycles. The first-order valence-corrected chi connectivity index (χ1v) is 8.28. The van der Waals surface area contributed by atoms with E-state index in [1.807, 2.05) is 7.05 Å². The second-order valence-electron chi connectivity index (χ2n) is 6.06. The largest absolute Gasteiger partial charge is 0.435 e. The van der Waals surface area contributed by atoms with Crippen molar-refractivity contribution in [3.05, 3.63) is 24.3 Å². The SMILES string of the molecule is CNCCC1CCN(CC(=O)Nc2ccc(OC(F)F)cc2)CC1. The predicted octanol–water partition coefficient (Wildman–Crippen LogP) is 2.55. The molecule has 0 atom stereocenters. The molecule has 1 fully saturated rings. The number of carbonyl (C=O) groups is 1. The Hall–Kier alpha value is -1.73. The molecule has 1 amide bonds. The summed E-state index contributed by atoms with van der Waals surface area (Å²) in [5.74, 6) is 0.719. The third-order valence-electron chi connectivity index (χ3n) is 4.24. The average molecular weight is 341 g/mol. The van der Waals surface area contributed by atoms with Gasteiger partial charge in [0.2, 0.25) is 5.91 Å². The molecular weight excluding hydrogens is 316 g/mol. The summed E-state index contributed by atoms with van der Waals surface area (Å²) in [6.45, 7) is 0.414. The van der Waals surface area contributed by atoms with Gasteiger partial charge in [0.1, 0.15) is 5.75 Å². The number of hydrogen-bond acceptors (Lipinski definition) is 4. The Kier molecular flexibility index (Phi) is 7.39. The maximum atomic E-state index is 12.1. The third-order valence-corrected chi connectivity index (χ3v) is 4.24. The normalized spacial score (nSPS) is 16.3. The number of alkyl halides is 2. The van der Waals surface area contributed by atoms with E-state index in [1.54, 1.807) is 12.1 Å². The van der Waals surface area contributed by atoms with Crippen molar-refractivity contribution in [1.82, 2.24) is 10.2 Å². The smallest absolute Gasteiger partial charge is 0.387 e. The number of halogens is 2. The molecule has 1 saturated heterocycles. The van der Waals surface area contributed by atoms with Crippen molar-refractivity contribution in [2.45, 2.75) is 25.9 Å². The van der Waals surface area contributed by atoms with E-state index >= 15 is 0 Å². The number of hydrogen-bond donors (Lipinski definition) is 2. The fraction of sp³-hybridized carbons (Fsp3) is 0.588. The summed E-state index contributed by atoms with van der Waals surface area (Å²) in [6, 6.07) is 5.93. The van der Waals surface area contributed by atoms with E-state index in [1.165, 1.54) is 18.6 Å². The van der Waals surface area contributed by atoms with Crippen LogP contribution in [0.4, 0.5) is 14.5 Å². The van der Waals surface area contributed by atoms with E-state index in [2.05, 4.69) is 20.3 Å². The first-order valence-electron chi connectivity index (χ1n) is 8.28. The Morgan fingerprint density at radius 3 is 2.54 bits per heavy atom. The maximum absolute atomic E-state index is 12.1. The first kappa shape index (κ1) is 18.6. The second-order valence-corrected chi connectivity index (χ2v) is 6.06. The molecule has 0 aliphatic carbocycles. The van der Waals surface area contributed by atoms with E-state index in [4.69, 9.17) is 0 Å². The van der Waals surface area contributed by atoms with Crippen LogP contribution in [0.3, 0.4) is 0 Å². The molecule has 0 spiro atoms. The Morgan fingerprint density at radius 2 is 1.96 bits per heavy atom. The zero-order chi connectivity index (χ0) is 17.4. The van der Waals surface area contributed by atoms with Crippen LogP contribution in [0, 0.1) is 5.92 Å². The zero-order valence-corrected chi connectivity index (χ0v) is 13.9. The summed E-state index contributed by atoms with van der Waals surface area (Å²) in [4.78, 5) is 14.2. The summed E-state index contributed by atoms with van der Waals surface area (Å²) in [5.41, 5.74) is 0.575. The topological polar surface area (TPSA) is 53.6 Å². The lowest BCUT2D eigenvalue weighted by Gasteiger charge is -2.31. The van der Waals surface area contributed by atoms with Gasteiger partial charge in [-0.05, 0) is 76.1 Å². The molecule has 0 bridgehead atoms. The van der Waals surface area contributed by atoms with Gasteiger partial charge in [0.05, 0.1) is 6.54 Å². The molecular formula is C17H25F2N3O2. The molecule has 1 aliphatic heterocycles. The Labute approximate surface area is 141 Å². The van der Waals surface area contributed by atoms with Gasteiger partial charge in [-0.25, -0.2) is 0 Å². The molecule has 0 radical (unpaired) electrons. The molecule has 0 unspecified atom stereocenters. The fourth-order valence-corrected chi connectivity index (χ4v) is 2.91. The van der Waals surface area contributed by atoms with E-state index in [0.717, 1.165) is 38.4 Å². The number of benzene rings is 1. The predicted molar refractivity (Wildman–Crippen MR) is 89.4 cm³/mol. The van der Waals surface area contributed by atoms with Crippen molar-refractivity contribution >= 4 is 11.6 Å². The monoisotopic (exact) mass is 341 g/mol. The number of amides is 1. The number of carbonyl (C=O) groups excluding carboxylic acids is 1. The van der Waals surface area contributed by atoms with Gasteiger partial charge in [-0.1, -0.05) is 0 Å². The molecule has 1 aliphatic rings. The van der Waals surface area contributed by atoms with Crippen molar-refractivity contribution in [2.24, 2.45) is 5.92 Å². The van der Waals surface area contributed by atoms with Crippen LogP contribution >= 0.6 is 0 Å². The molecule has 1 heterocycles. The highest BCUT2D eigenvalue weighted by Gasteiger charge is 2.20. The van der Waals surface area contributed by atoms with E-state index in [0.29, 0.717) is 12.2 Å². The van der Waals surface area contributed by atoms with Gasteiger partial charge >= 0.3 is 6.61 Å². The number of anilines is 1. The fourth-order valence-electron chi connectivity index (χ4n) is 2.91. The lowest BCUT2D eigenvalue weighted by Crippen LogP contribution is -2.39. The summed E-state index contributed by atoms with van der Waals surface area (Å²) in [7, 11) is 1.96. The van der Waals surface area contributed by atoms with Gasteiger partial charge in [-0.15, -0.1) is 0 Å². The van der Waals surface area contributed by atoms with Gasteiger partial charge < -0.3 is 15.4 Å². The molecule has 2 N–H and O–H groups in total. The summed E-state index contributed by atoms with van der Waals surface area (Å²) in [6.07, 6.45) is 3.42. The van der Waals surface area contributed by atoms with Crippen molar-refractivity contribution in [3.63, 3.8) is 0 Å². The van der Waals surface area contributed by atoms with Crippen LogP contribution in [0.1, 0.15) is 19.3 Å². The third kappa shape index (κ3) is 6.41. The zero-order valence-electron chi connectivity index (χ0n) is 13.9. The number of piperidine rings is 1. The van der Waals surface area contributed by atoms with Crippen molar-refractivity contribution in [2.75, 3.05) is 38.5 Å². The molecule has 7 heteroatoms. The Balaban J connectivity index is 1.71. The van der Waals surface area contributed by atoms with Gasteiger partial charge in [-0.3, -0.25) is 9.69 Å². The van der Waals surface area contributed by atoms with Crippen LogP contribution in [0.5, 0.6) is 5.75 Å². The molecule has 0 saturated carbocycles. The lowest BCUT2D eigenvalue weighted by atomic mass is 9.93. The molecule has 5 nitrogen and oxygen atoms in total.